The van der Waals surface area contributed by atoms with Crippen LogP contribution in [0.25, 0.3) is 0 Å². The molecule has 0 unspecified atom stereocenters. The summed E-state index contributed by atoms with van der Waals surface area (Å²) in [4.78, 5) is 15.1. The lowest BCUT2D eigenvalue weighted by atomic mass is 9.96. The molecule has 0 radical (unpaired) electrons. The van der Waals surface area contributed by atoms with E-state index < -0.39 is 6.10 Å². The topological polar surface area (TPSA) is 80.3 Å². The Hall–Kier alpha value is -1.83. The molecule has 0 saturated carbocycles. The monoisotopic (exact) mass is 406 g/mol. The highest BCUT2D eigenvalue weighted by molar-refractivity contribution is 5.79. The van der Waals surface area contributed by atoms with Crippen molar-refractivity contribution in [3.63, 3.8) is 0 Å². The number of amides is 1. The second kappa shape index (κ2) is 10.3. The van der Waals surface area contributed by atoms with E-state index in [-0.39, 0.29) is 25.3 Å². The van der Waals surface area contributed by atoms with Crippen molar-refractivity contribution in [2.75, 3.05) is 46.1 Å². The minimum absolute atomic E-state index is 0. The lowest BCUT2D eigenvalue weighted by Crippen LogP contribution is -2.49. The van der Waals surface area contributed by atoms with Gasteiger partial charge in [0.15, 0.2) is 11.5 Å². The van der Waals surface area contributed by atoms with Gasteiger partial charge in [-0.25, -0.2) is 0 Å². The minimum atomic E-state index is -0.805. The van der Waals surface area contributed by atoms with E-state index in [0.29, 0.717) is 44.5 Å². The van der Waals surface area contributed by atoms with Crippen LogP contribution in [0.4, 0.5) is 0 Å². The van der Waals surface area contributed by atoms with Crippen LogP contribution in [0.3, 0.4) is 0 Å². The van der Waals surface area contributed by atoms with Gasteiger partial charge in [-0.15, -0.1) is 0 Å². The average Bonchev–Trinajstić information content (AvgIpc) is 3.26. The molecule has 0 aromatic heterocycles. The fourth-order valence-corrected chi connectivity index (χ4v) is 4.20. The maximum Gasteiger partial charge on any atom is 0.223 e. The molecule has 4 rings (SSSR count). The summed E-state index contributed by atoms with van der Waals surface area (Å²) in [6, 6.07) is 5.16. The van der Waals surface area contributed by atoms with Gasteiger partial charge in [-0.2, -0.15) is 0 Å². The molecule has 0 spiro atoms. The first-order valence-electron chi connectivity index (χ1n) is 10.4. The number of likely N-dealkylation sites (tertiary alicyclic amines) is 1. The first-order valence-corrected chi connectivity index (χ1v) is 10.4. The Morgan fingerprint density at radius 2 is 1.79 bits per heavy atom. The van der Waals surface area contributed by atoms with Gasteiger partial charge in [0, 0.05) is 25.7 Å². The quantitative estimate of drug-likeness (QED) is 0.753. The molecule has 1 aromatic rings. The third kappa shape index (κ3) is 5.41. The number of benzene rings is 1. The summed E-state index contributed by atoms with van der Waals surface area (Å²) < 4.78 is 16.6. The summed E-state index contributed by atoms with van der Waals surface area (Å²) in [6.45, 7) is 4.95. The van der Waals surface area contributed by atoms with Gasteiger partial charge < -0.3 is 29.5 Å². The van der Waals surface area contributed by atoms with E-state index in [1.54, 1.807) is 0 Å². The molecule has 162 valence electrons. The molecular weight excluding hydrogens is 372 g/mol. The molecule has 29 heavy (non-hydrogen) atoms. The van der Waals surface area contributed by atoms with Gasteiger partial charge in [0.2, 0.25) is 5.91 Å². The van der Waals surface area contributed by atoms with Crippen molar-refractivity contribution in [2.24, 2.45) is 5.92 Å². The van der Waals surface area contributed by atoms with Crippen molar-refractivity contribution in [3.05, 3.63) is 23.8 Å². The summed E-state index contributed by atoms with van der Waals surface area (Å²) >= 11 is 0. The molecule has 7 heteroatoms. The van der Waals surface area contributed by atoms with Crippen LogP contribution in [-0.2, 0) is 9.53 Å². The molecule has 0 aliphatic carbocycles. The number of ether oxygens (including phenoxy) is 3. The molecule has 2 fully saturated rings. The standard InChI is InChI=1S/C21H30N2O5.CH4/c24-20(16-3-4-18-19(13-16)28-12-11-27-18)17(14-23-7-1-2-8-23)22-21(25)15-5-9-26-10-6-15;/h3-4,13,15,17,20,24H,1-2,5-12,14H2,(H,22,25);1H4/t17-,20-;/m1./s1. The minimum Gasteiger partial charge on any atom is -0.486 e. The SMILES string of the molecule is C.O=C(N[C@H](CN1CCCC1)[C@H](O)c1ccc2c(c1)OCCO2)C1CCOCC1. The molecule has 2 atom stereocenters. The lowest BCUT2D eigenvalue weighted by Gasteiger charge is -2.31. The number of rotatable bonds is 6. The highest BCUT2D eigenvalue weighted by atomic mass is 16.6. The molecule has 0 bridgehead atoms. The van der Waals surface area contributed by atoms with Crippen LogP contribution in [0, 0.1) is 5.92 Å². The number of nitrogens with zero attached hydrogens (tertiary/aromatic N) is 1. The van der Waals surface area contributed by atoms with Crippen LogP contribution in [0.1, 0.15) is 44.8 Å². The van der Waals surface area contributed by atoms with Gasteiger partial charge in [0.05, 0.1) is 6.04 Å². The summed E-state index contributed by atoms with van der Waals surface area (Å²) in [5.41, 5.74) is 0.737. The Morgan fingerprint density at radius 3 is 2.52 bits per heavy atom. The van der Waals surface area contributed by atoms with Gasteiger partial charge >= 0.3 is 0 Å². The number of aliphatic hydroxyl groups excluding tert-OH is 1. The smallest absolute Gasteiger partial charge is 0.223 e. The highest BCUT2D eigenvalue weighted by Gasteiger charge is 2.30. The summed E-state index contributed by atoms with van der Waals surface area (Å²) in [7, 11) is 0. The first kappa shape index (κ1) is 21.9. The van der Waals surface area contributed by atoms with Crippen molar-refractivity contribution < 1.29 is 24.1 Å². The van der Waals surface area contributed by atoms with Crippen LogP contribution in [0.15, 0.2) is 18.2 Å². The zero-order valence-corrected chi connectivity index (χ0v) is 16.3. The molecule has 3 aliphatic rings. The predicted molar refractivity (Wildman–Crippen MR) is 110 cm³/mol. The Labute approximate surface area is 173 Å². The average molecular weight is 407 g/mol. The largest absolute Gasteiger partial charge is 0.486 e. The van der Waals surface area contributed by atoms with E-state index >= 15 is 0 Å². The van der Waals surface area contributed by atoms with E-state index in [1.807, 2.05) is 18.2 Å². The molecule has 7 nitrogen and oxygen atoms in total. The van der Waals surface area contributed by atoms with Crippen LogP contribution in [0.5, 0.6) is 11.5 Å². The Bertz CT molecular complexity index is 671. The van der Waals surface area contributed by atoms with E-state index in [2.05, 4.69) is 10.2 Å². The highest BCUT2D eigenvalue weighted by Crippen LogP contribution is 2.33. The Kier molecular flexibility index (Phi) is 7.75. The van der Waals surface area contributed by atoms with Gasteiger partial charge in [-0.3, -0.25) is 4.79 Å². The molecular formula is C22H34N2O5. The van der Waals surface area contributed by atoms with Crippen LogP contribution >= 0.6 is 0 Å². The van der Waals surface area contributed by atoms with Crippen LogP contribution in [0.2, 0.25) is 0 Å². The zero-order valence-electron chi connectivity index (χ0n) is 16.3. The van der Waals surface area contributed by atoms with Crippen molar-refractivity contribution in [1.82, 2.24) is 10.2 Å². The van der Waals surface area contributed by atoms with Crippen molar-refractivity contribution in [3.8, 4) is 11.5 Å². The third-order valence-electron chi connectivity index (χ3n) is 5.86. The molecule has 1 aromatic carbocycles. The number of hydrogen-bond acceptors (Lipinski definition) is 6. The molecule has 1 amide bonds. The number of carbonyl (C=O) groups is 1. The summed E-state index contributed by atoms with van der Waals surface area (Å²) in [6.07, 6.45) is 3.01. The van der Waals surface area contributed by atoms with E-state index in [9.17, 15) is 9.90 Å². The maximum absolute atomic E-state index is 12.8. The number of hydrogen-bond donors (Lipinski definition) is 2. The lowest BCUT2D eigenvalue weighted by molar-refractivity contribution is -0.129. The van der Waals surface area contributed by atoms with Crippen LogP contribution in [-0.4, -0.2) is 68.0 Å². The second-order valence-corrected chi connectivity index (χ2v) is 7.86. The van der Waals surface area contributed by atoms with Gasteiger partial charge in [-0.05, 0) is 56.5 Å². The number of aliphatic hydroxyl groups is 1. The predicted octanol–water partition coefficient (Wildman–Crippen LogP) is 2.13. The van der Waals surface area contributed by atoms with Crippen LogP contribution < -0.4 is 14.8 Å². The Balaban J connectivity index is 0.00000240. The molecule has 3 heterocycles. The number of nitrogens with one attached hydrogen (secondary N) is 1. The fraction of sp³-hybridized carbons (Fsp3) is 0.682. The van der Waals surface area contributed by atoms with Gasteiger partial charge in [-0.1, -0.05) is 13.5 Å². The Morgan fingerprint density at radius 1 is 1.10 bits per heavy atom. The van der Waals surface area contributed by atoms with Crippen molar-refractivity contribution in [1.29, 1.82) is 0 Å². The van der Waals surface area contributed by atoms with Gasteiger partial charge in [0.1, 0.15) is 19.3 Å². The first-order chi connectivity index (χ1) is 13.7. The molecule has 2 saturated heterocycles. The number of carbonyl (C=O) groups excluding carboxylic acids is 1. The van der Waals surface area contributed by atoms with E-state index in [1.165, 1.54) is 12.8 Å². The van der Waals surface area contributed by atoms with Crippen molar-refractivity contribution in [2.45, 2.75) is 45.3 Å². The summed E-state index contributed by atoms with van der Waals surface area (Å²) in [5, 5.41) is 14.3. The van der Waals surface area contributed by atoms with E-state index in [4.69, 9.17) is 14.2 Å². The second-order valence-electron chi connectivity index (χ2n) is 7.86. The maximum atomic E-state index is 12.8. The third-order valence-corrected chi connectivity index (χ3v) is 5.86. The fourth-order valence-electron chi connectivity index (χ4n) is 4.20. The molecule has 3 aliphatic heterocycles. The van der Waals surface area contributed by atoms with Crippen molar-refractivity contribution >= 4 is 5.91 Å². The molecule has 2 N–H and O–H groups in total. The van der Waals surface area contributed by atoms with E-state index in [0.717, 1.165) is 31.5 Å². The number of fused-ring (bicyclic) bond motifs is 1. The normalized spacial score (nSPS) is 21.8. The summed E-state index contributed by atoms with van der Waals surface area (Å²) in [5.74, 6) is 1.33. The van der Waals surface area contributed by atoms with Gasteiger partial charge in [0.25, 0.3) is 0 Å². The zero-order chi connectivity index (χ0) is 19.3.